The first-order chi connectivity index (χ1) is 10.1. The third-order valence-electron chi connectivity index (χ3n) is 2.75. The van der Waals surface area contributed by atoms with Crippen LogP contribution < -0.4 is 0 Å². The number of nitrogens with zero attached hydrogens (tertiary/aromatic N) is 1. The third kappa shape index (κ3) is 3.81. The van der Waals surface area contributed by atoms with E-state index in [1.165, 1.54) is 30.3 Å². The highest BCUT2D eigenvalue weighted by molar-refractivity contribution is 5.81. The summed E-state index contributed by atoms with van der Waals surface area (Å²) in [5.74, 6) is -2.00. The van der Waals surface area contributed by atoms with E-state index in [0.29, 0.717) is 0 Å². The summed E-state index contributed by atoms with van der Waals surface area (Å²) in [6.07, 6.45) is -1.52. The summed E-state index contributed by atoms with van der Waals surface area (Å²) in [6, 6.07) is 9.48. The first-order valence-electron chi connectivity index (χ1n) is 6.05. The van der Waals surface area contributed by atoms with Gasteiger partial charge in [-0.25, -0.2) is 17.6 Å². The lowest BCUT2D eigenvalue weighted by Gasteiger charge is -2.04. The van der Waals surface area contributed by atoms with E-state index in [9.17, 15) is 17.6 Å². The van der Waals surface area contributed by atoms with Gasteiger partial charge in [0.1, 0.15) is 6.61 Å². The van der Waals surface area contributed by atoms with Crippen molar-refractivity contribution < 1.29 is 22.4 Å². The highest BCUT2D eigenvalue weighted by atomic mass is 19.3. The van der Waals surface area contributed by atoms with Gasteiger partial charge >= 0.3 is 0 Å². The second-order valence-corrected chi connectivity index (χ2v) is 4.15. The van der Waals surface area contributed by atoms with Gasteiger partial charge in [-0.2, -0.15) is 0 Å². The Labute approximate surface area is 118 Å². The minimum atomic E-state index is -2.63. The lowest BCUT2D eigenvalue weighted by Crippen LogP contribution is -1.96. The number of hydrogen-bond acceptors (Lipinski definition) is 2. The Morgan fingerprint density at radius 1 is 1.05 bits per heavy atom. The van der Waals surface area contributed by atoms with Crippen molar-refractivity contribution in [1.82, 2.24) is 0 Å². The quantitative estimate of drug-likeness (QED) is 0.454. The van der Waals surface area contributed by atoms with Gasteiger partial charge in [0.2, 0.25) is 0 Å². The third-order valence-corrected chi connectivity index (χ3v) is 2.75. The minimum Gasteiger partial charge on any atom is -0.391 e. The SMILES string of the molecule is Fc1cccc(CON=Cc2ccccc2C(F)F)c1F. The number of alkyl halides is 2. The summed E-state index contributed by atoms with van der Waals surface area (Å²) in [4.78, 5) is 4.81. The van der Waals surface area contributed by atoms with Gasteiger partial charge in [-0.05, 0) is 6.07 Å². The molecule has 0 N–H and O–H groups in total. The summed E-state index contributed by atoms with van der Waals surface area (Å²) in [7, 11) is 0. The molecule has 0 bridgehead atoms. The normalized spacial score (nSPS) is 11.3. The average Bonchev–Trinajstić information content (AvgIpc) is 2.48. The van der Waals surface area contributed by atoms with Crippen LogP contribution in [-0.2, 0) is 11.4 Å². The molecule has 0 saturated carbocycles. The summed E-state index contributed by atoms with van der Waals surface area (Å²) in [6.45, 7) is -0.295. The molecule has 0 unspecified atom stereocenters. The van der Waals surface area contributed by atoms with Crippen LogP contribution in [0, 0.1) is 11.6 Å². The fourth-order valence-corrected chi connectivity index (χ4v) is 1.69. The summed E-state index contributed by atoms with van der Waals surface area (Å²) >= 11 is 0. The molecule has 2 aromatic rings. The molecule has 110 valence electrons. The number of benzene rings is 2. The zero-order valence-electron chi connectivity index (χ0n) is 10.8. The van der Waals surface area contributed by atoms with Crippen LogP contribution in [0.3, 0.4) is 0 Å². The number of hydrogen-bond donors (Lipinski definition) is 0. The fraction of sp³-hybridized carbons (Fsp3) is 0.133. The molecule has 0 amide bonds. The Hall–Kier alpha value is -2.37. The molecule has 2 rings (SSSR count). The monoisotopic (exact) mass is 297 g/mol. The molecule has 6 heteroatoms. The second kappa shape index (κ2) is 6.88. The van der Waals surface area contributed by atoms with E-state index < -0.39 is 18.1 Å². The number of rotatable bonds is 5. The molecule has 2 nitrogen and oxygen atoms in total. The fourth-order valence-electron chi connectivity index (χ4n) is 1.69. The van der Waals surface area contributed by atoms with Crippen LogP contribution >= 0.6 is 0 Å². The molecule has 21 heavy (non-hydrogen) atoms. The van der Waals surface area contributed by atoms with Gasteiger partial charge in [-0.1, -0.05) is 41.6 Å². The van der Waals surface area contributed by atoms with E-state index in [-0.39, 0.29) is 23.3 Å². The van der Waals surface area contributed by atoms with Gasteiger partial charge in [0.05, 0.1) is 6.21 Å². The van der Waals surface area contributed by atoms with Crippen molar-refractivity contribution in [2.45, 2.75) is 13.0 Å². The molecular formula is C15H11F4NO. The van der Waals surface area contributed by atoms with Gasteiger partial charge in [-0.3, -0.25) is 0 Å². The Balaban J connectivity index is 2.02. The van der Waals surface area contributed by atoms with Crippen LogP contribution in [0.25, 0.3) is 0 Å². The molecule has 0 aliphatic rings. The molecule has 0 saturated heterocycles. The van der Waals surface area contributed by atoms with E-state index in [1.807, 2.05) is 0 Å². The molecule has 0 heterocycles. The predicted octanol–water partition coefficient (Wildman–Crippen LogP) is 4.45. The van der Waals surface area contributed by atoms with Crippen LogP contribution in [0.5, 0.6) is 0 Å². The molecular weight excluding hydrogens is 286 g/mol. The van der Waals surface area contributed by atoms with Crippen LogP contribution in [0.15, 0.2) is 47.6 Å². The lowest BCUT2D eigenvalue weighted by molar-refractivity contribution is 0.128. The van der Waals surface area contributed by atoms with Crippen molar-refractivity contribution in [3.05, 3.63) is 70.8 Å². The van der Waals surface area contributed by atoms with Crippen LogP contribution in [0.1, 0.15) is 23.1 Å². The Kier molecular flexibility index (Phi) is 4.92. The van der Waals surface area contributed by atoms with Gasteiger partial charge in [0, 0.05) is 16.7 Å². The summed E-state index contributed by atoms with van der Waals surface area (Å²) in [5.41, 5.74) is 0.0169. The molecule has 0 fully saturated rings. The van der Waals surface area contributed by atoms with Crippen molar-refractivity contribution in [1.29, 1.82) is 0 Å². The van der Waals surface area contributed by atoms with Crippen molar-refractivity contribution in [2.75, 3.05) is 0 Å². The average molecular weight is 297 g/mol. The number of halogens is 4. The van der Waals surface area contributed by atoms with E-state index in [4.69, 9.17) is 4.84 Å². The maximum Gasteiger partial charge on any atom is 0.264 e. The zero-order chi connectivity index (χ0) is 15.2. The lowest BCUT2D eigenvalue weighted by atomic mass is 10.1. The van der Waals surface area contributed by atoms with Gasteiger partial charge in [0.25, 0.3) is 6.43 Å². The smallest absolute Gasteiger partial charge is 0.264 e. The van der Waals surface area contributed by atoms with Crippen LogP contribution in [0.4, 0.5) is 17.6 Å². The van der Waals surface area contributed by atoms with E-state index in [2.05, 4.69) is 5.16 Å². The van der Waals surface area contributed by atoms with Gasteiger partial charge < -0.3 is 4.84 Å². The topological polar surface area (TPSA) is 21.6 Å². The minimum absolute atomic E-state index is 0.00528. The van der Waals surface area contributed by atoms with Crippen molar-refractivity contribution in [2.24, 2.45) is 5.16 Å². The maximum atomic E-state index is 13.3. The summed E-state index contributed by atoms with van der Waals surface area (Å²) in [5, 5.41) is 3.50. The zero-order valence-corrected chi connectivity index (χ0v) is 10.8. The van der Waals surface area contributed by atoms with E-state index in [0.717, 1.165) is 12.3 Å². The highest BCUT2D eigenvalue weighted by Crippen LogP contribution is 2.21. The molecule has 0 atom stereocenters. The molecule has 0 aliphatic carbocycles. The molecule has 0 radical (unpaired) electrons. The number of oxime groups is 1. The van der Waals surface area contributed by atoms with Gasteiger partial charge in [-0.15, -0.1) is 0 Å². The largest absolute Gasteiger partial charge is 0.391 e. The van der Waals surface area contributed by atoms with Crippen molar-refractivity contribution in [3.63, 3.8) is 0 Å². The van der Waals surface area contributed by atoms with E-state index >= 15 is 0 Å². The predicted molar refractivity (Wildman–Crippen MR) is 70.1 cm³/mol. The summed E-state index contributed by atoms with van der Waals surface area (Å²) < 4.78 is 51.7. The van der Waals surface area contributed by atoms with Gasteiger partial charge in [0.15, 0.2) is 11.6 Å². The first-order valence-corrected chi connectivity index (χ1v) is 6.05. The van der Waals surface area contributed by atoms with Crippen LogP contribution in [-0.4, -0.2) is 6.21 Å². The second-order valence-electron chi connectivity index (χ2n) is 4.15. The standard InChI is InChI=1S/C15H11F4NO/c16-13-7-3-5-11(14(13)17)9-21-20-8-10-4-1-2-6-12(10)15(18)19/h1-8,15H,9H2. The molecule has 0 spiro atoms. The molecule has 0 aliphatic heterocycles. The molecule has 2 aromatic carbocycles. The van der Waals surface area contributed by atoms with E-state index in [1.54, 1.807) is 6.07 Å². The highest BCUT2D eigenvalue weighted by Gasteiger charge is 2.10. The Morgan fingerprint density at radius 3 is 2.57 bits per heavy atom. The Bertz CT molecular complexity index is 643. The molecule has 0 aromatic heterocycles. The van der Waals surface area contributed by atoms with Crippen LogP contribution in [0.2, 0.25) is 0 Å². The first kappa shape index (κ1) is 15.0. The Morgan fingerprint density at radius 2 is 1.81 bits per heavy atom. The van der Waals surface area contributed by atoms with Crippen molar-refractivity contribution in [3.8, 4) is 0 Å². The maximum absolute atomic E-state index is 13.3. The van der Waals surface area contributed by atoms with Crippen molar-refractivity contribution >= 4 is 6.21 Å².